The van der Waals surface area contributed by atoms with Gasteiger partial charge in [0.1, 0.15) is 11.2 Å². The molecule has 0 radical (unpaired) electrons. The van der Waals surface area contributed by atoms with Gasteiger partial charge in [-0.15, -0.1) is 5.10 Å². The number of rotatable bonds is 7. The van der Waals surface area contributed by atoms with Crippen LogP contribution in [0.1, 0.15) is 40.3 Å². The van der Waals surface area contributed by atoms with Crippen LogP contribution in [0.5, 0.6) is 0 Å². The van der Waals surface area contributed by atoms with Gasteiger partial charge in [0.15, 0.2) is 5.13 Å². The van der Waals surface area contributed by atoms with Gasteiger partial charge in [-0.3, -0.25) is 4.79 Å². The maximum Gasteiger partial charge on any atom is 0.350 e. The minimum absolute atomic E-state index is 0.134. The largest absolute Gasteiger partial charge is 0.462 e. The zero-order valence-corrected chi connectivity index (χ0v) is 15.7. The molecule has 0 saturated heterocycles. The van der Waals surface area contributed by atoms with Crippen molar-refractivity contribution in [1.29, 1.82) is 0 Å². The standard InChI is InChI=1S/C15H16N6O3S2/c1-3-24-14(23)13-9(2)17-15(26-13)18-12(22)6-11(10-4-5-25-7-10)21-8-16-19-20-21/h4-5,7-8,11H,3,6H2,1-2H3,(H,17,18,22)/t11-/m1/s1. The molecule has 0 saturated carbocycles. The summed E-state index contributed by atoms with van der Waals surface area (Å²) in [6.45, 7) is 3.72. The van der Waals surface area contributed by atoms with Gasteiger partial charge in [-0.25, -0.2) is 14.5 Å². The molecule has 0 bridgehead atoms. The molecule has 0 aliphatic heterocycles. The molecule has 1 atom stereocenters. The van der Waals surface area contributed by atoms with Crippen molar-refractivity contribution in [2.45, 2.75) is 26.3 Å². The quantitative estimate of drug-likeness (QED) is 0.614. The zero-order chi connectivity index (χ0) is 18.5. The molecule has 0 aliphatic carbocycles. The van der Waals surface area contributed by atoms with Crippen LogP contribution in [-0.2, 0) is 9.53 Å². The number of carbonyl (C=O) groups is 2. The summed E-state index contributed by atoms with van der Waals surface area (Å²) in [7, 11) is 0. The van der Waals surface area contributed by atoms with Crippen molar-refractivity contribution in [3.05, 3.63) is 39.3 Å². The van der Waals surface area contributed by atoms with Crippen LogP contribution in [-0.4, -0.2) is 43.7 Å². The molecular weight excluding hydrogens is 376 g/mol. The van der Waals surface area contributed by atoms with Gasteiger partial charge in [0, 0.05) is 0 Å². The lowest BCUT2D eigenvalue weighted by Gasteiger charge is -2.14. The van der Waals surface area contributed by atoms with Crippen molar-refractivity contribution in [2.75, 3.05) is 11.9 Å². The van der Waals surface area contributed by atoms with E-state index < -0.39 is 5.97 Å². The lowest BCUT2D eigenvalue weighted by atomic mass is 10.1. The first kappa shape index (κ1) is 18.1. The maximum absolute atomic E-state index is 12.5. The third-order valence-electron chi connectivity index (χ3n) is 3.49. The average Bonchev–Trinajstić information content (AvgIpc) is 3.35. The fraction of sp³-hybridized carbons (Fsp3) is 0.333. The Morgan fingerprint density at radius 1 is 1.42 bits per heavy atom. The molecule has 0 aromatic carbocycles. The van der Waals surface area contributed by atoms with E-state index in [-0.39, 0.29) is 25.0 Å². The Balaban J connectivity index is 1.71. The number of anilines is 1. The molecule has 1 N–H and O–H groups in total. The number of ether oxygens (including phenoxy) is 1. The van der Waals surface area contributed by atoms with E-state index in [1.807, 2.05) is 16.8 Å². The number of hydrogen-bond donors (Lipinski definition) is 1. The first-order valence-corrected chi connectivity index (χ1v) is 9.53. The van der Waals surface area contributed by atoms with Crippen LogP contribution in [0, 0.1) is 6.92 Å². The fourth-order valence-electron chi connectivity index (χ4n) is 2.32. The number of aromatic nitrogens is 5. The van der Waals surface area contributed by atoms with Gasteiger partial charge in [-0.2, -0.15) is 11.3 Å². The molecule has 3 aromatic rings. The number of esters is 1. The summed E-state index contributed by atoms with van der Waals surface area (Å²) in [5.41, 5.74) is 1.47. The Hall–Kier alpha value is -2.66. The molecule has 26 heavy (non-hydrogen) atoms. The smallest absolute Gasteiger partial charge is 0.350 e. The van der Waals surface area contributed by atoms with Crippen molar-refractivity contribution in [3.8, 4) is 0 Å². The summed E-state index contributed by atoms with van der Waals surface area (Å²) >= 11 is 2.63. The minimum atomic E-state index is -0.437. The van der Waals surface area contributed by atoms with E-state index in [2.05, 4.69) is 25.8 Å². The number of nitrogens with zero attached hydrogens (tertiary/aromatic N) is 5. The average molecular weight is 392 g/mol. The van der Waals surface area contributed by atoms with Crippen molar-refractivity contribution in [3.63, 3.8) is 0 Å². The second kappa shape index (κ2) is 8.15. The van der Waals surface area contributed by atoms with Crippen LogP contribution in [0.4, 0.5) is 5.13 Å². The SMILES string of the molecule is CCOC(=O)c1sc(NC(=O)C[C@H](c2ccsc2)n2cnnn2)nc1C. The second-order valence-corrected chi connectivity index (χ2v) is 7.05. The van der Waals surface area contributed by atoms with Crippen LogP contribution in [0.3, 0.4) is 0 Å². The molecule has 136 valence electrons. The van der Waals surface area contributed by atoms with Crippen LogP contribution in [0.25, 0.3) is 0 Å². The van der Waals surface area contributed by atoms with Gasteiger partial charge in [0.05, 0.1) is 24.8 Å². The van der Waals surface area contributed by atoms with Crippen molar-refractivity contribution >= 4 is 39.7 Å². The predicted molar refractivity (Wildman–Crippen MR) is 96.3 cm³/mol. The second-order valence-electron chi connectivity index (χ2n) is 5.27. The van der Waals surface area contributed by atoms with Gasteiger partial charge >= 0.3 is 5.97 Å². The van der Waals surface area contributed by atoms with Crippen LogP contribution >= 0.6 is 22.7 Å². The highest BCUT2D eigenvalue weighted by Gasteiger charge is 2.22. The number of aryl methyl sites for hydroxylation is 1. The molecule has 1 amide bonds. The van der Waals surface area contributed by atoms with E-state index in [0.717, 1.165) is 16.9 Å². The zero-order valence-electron chi connectivity index (χ0n) is 14.1. The van der Waals surface area contributed by atoms with Crippen molar-refractivity contribution in [2.24, 2.45) is 0 Å². The summed E-state index contributed by atoms with van der Waals surface area (Å²) in [6.07, 6.45) is 1.61. The van der Waals surface area contributed by atoms with Gasteiger partial charge in [0.2, 0.25) is 5.91 Å². The Bertz CT molecular complexity index is 841. The first-order valence-electron chi connectivity index (χ1n) is 7.77. The molecule has 3 aromatic heterocycles. The third-order valence-corrected chi connectivity index (χ3v) is 5.25. The Morgan fingerprint density at radius 2 is 2.27 bits per heavy atom. The highest BCUT2D eigenvalue weighted by atomic mass is 32.1. The minimum Gasteiger partial charge on any atom is -0.462 e. The molecule has 3 heterocycles. The number of thiazole rings is 1. The molecular formula is C15H16N6O3S2. The predicted octanol–water partition coefficient (Wildman–Crippen LogP) is 2.29. The summed E-state index contributed by atoms with van der Waals surface area (Å²) in [5, 5.41) is 18.2. The van der Waals surface area contributed by atoms with Crippen molar-refractivity contribution < 1.29 is 14.3 Å². The van der Waals surface area contributed by atoms with Crippen LogP contribution in [0.15, 0.2) is 23.2 Å². The van der Waals surface area contributed by atoms with E-state index in [1.165, 1.54) is 17.7 Å². The number of hydrogen-bond acceptors (Lipinski definition) is 9. The number of nitrogens with one attached hydrogen (secondary N) is 1. The summed E-state index contributed by atoms with van der Waals surface area (Å²) in [4.78, 5) is 29.0. The maximum atomic E-state index is 12.5. The van der Waals surface area contributed by atoms with Gasteiger partial charge in [-0.1, -0.05) is 11.3 Å². The first-order chi connectivity index (χ1) is 12.6. The molecule has 0 aliphatic rings. The fourth-order valence-corrected chi connectivity index (χ4v) is 3.91. The monoisotopic (exact) mass is 392 g/mol. The van der Waals surface area contributed by atoms with E-state index >= 15 is 0 Å². The molecule has 11 heteroatoms. The van der Waals surface area contributed by atoms with E-state index in [1.54, 1.807) is 18.5 Å². The molecule has 9 nitrogen and oxygen atoms in total. The third kappa shape index (κ3) is 4.11. The molecule has 0 spiro atoms. The van der Waals surface area contributed by atoms with E-state index in [4.69, 9.17) is 4.74 Å². The van der Waals surface area contributed by atoms with Crippen LogP contribution < -0.4 is 5.32 Å². The Kier molecular flexibility index (Phi) is 5.68. The molecule has 0 fully saturated rings. The van der Waals surface area contributed by atoms with Crippen LogP contribution in [0.2, 0.25) is 0 Å². The lowest BCUT2D eigenvalue weighted by molar-refractivity contribution is -0.116. The lowest BCUT2D eigenvalue weighted by Crippen LogP contribution is -2.20. The topological polar surface area (TPSA) is 112 Å². The van der Waals surface area contributed by atoms with Gasteiger partial charge in [0.25, 0.3) is 0 Å². The van der Waals surface area contributed by atoms with Gasteiger partial charge < -0.3 is 10.1 Å². The number of thiophene rings is 1. The normalized spacial score (nSPS) is 11.9. The summed E-state index contributed by atoms with van der Waals surface area (Å²) in [6, 6.07) is 1.61. The summed E-state index contributed by atoms with van der Waals surface area (Å²) in [5.74, 6) is -0.686. The Labute approximate surface area is 157 Å². The van der Waals surface area contributed by atoms with Gasteiger partial charge in [-0.05, 0) is 46.7 Å². The molecule has 0 unspecified atom stereocenters. The van der Waals surface area contributed by atoms with E-state index in [9.17, 15) is 9.59 Å². The highest BCUT2D eigenvalue weighted by Crippen LogP contribution is 2.26. The number of carbonyl (C=O) groups excluding carboxylic acids is 2. The number of amides is 1. The van der Waals surface area contributed by atoms with E-state index in [0.29, 0.717) is 15.7 Å². The molecule has 3 rings (SSSR count). The highest BCUT2D eigenvalue weighted by molar-refractivity contribution is 7.17. The number of tetrazole rings is 1. The van der Waals surface area contributed by atoms with Crippen molar-refractivity contribution in [1.82, 2.24) is 25.2 Å². The Morgan fingerprint density at radius 3 is 2.92 bits per heavy atom. The summed E-state index contributed by atoms with van der Waals surface area (Å²) < 4.78 is 6.52.